The number of aromatic nitrogens is 2. The Labute approximate surface area is 165 Å². The number of aryl methyl sites for hydroxylation is 1. The van der Waals surface area contributed by atoms with E-state index in [1.54, 1.807) is 6.33 Å². The Morgan fingerprint density at radius 3 is 2.32 bits per heavy atom. The Bertz CT molecular complexity index is 1130. The van der Waals surface area contributed by atoms with Gasteiger partial charge < -0.3 is 5.32 Å². The van der Waals surface area contributed by atoms with Crippen LogP contribution in [-0.4, -0.2) is 16.5 Å². The predicted molar refractivity (Wildman–Crippen MR) is 116 cm³/mol. The van der Waals surface area contributed by atoms with E-state index in [9.17, 15) is 0 Å². The first-order chi connectivity index (χ1) is 13.8. The maximum absolute atomic E-state index is 4.34. The fraction of sp³-hybridized carbons (Fsp3) is 0.120. The molecule has 0 bridgehead atoms. The summed E-state index contributed by atoms with van der Waals surface area (Å²) in [6.45, 7) is 2.85. The molecule has 136 valence electrons. The number of para-hydroxylation sites is 1. The summed E-state index contributed by atoms with van der Waals surface area (Å²) in [6, 6.07) is 25.0. The molecule has 0 saturated heterocycles. The molecule has 0 saturated carbocycles. The monoisotopic (exact) mass is 363 g/mol. The lowest BCUT2D eigenvalue weighted by atomic mass is 10.0. The van der Waals surface area contributed by atoms with Crippen LogP contribution in [0.2, 0.25) is 0 Å². The third kappa shape index (κ3) is 4.19. The van der Waals surface area contributed by atoms with E-state index >= 15 is 0 Å². The van der Waals surface area contributed by atoms with Gasteiger partial charge in [0.25, 0.3) is 0 Å². The van der Waals surface area contributed by atoms with Crippen molar-refractivity contribution in [1.82, 2.24) is 9.97 Å². The molecule has 4 rings (SSSR count). The summed E-state index contributed by atoms with van der Waals surface area (Å²) in [7, 11) is 0. The molecule has 0 radical (unpaired) electrons. The van der Waals surface area contributed by atoms with Crippen LogP contribution in [0.15, 0.2) is 79.1 Å². The SMILES string of the molecule is Cc1ccc(-c2ccc(C#CCCNc3ncnc4ccccc34)cc2)cc1. The van der Waals surface area contributed by atoms with E-state index in [1.165, 1.54) is 16.7 Å². The van der Waals surface area contributed by atoms with Crippen molar-refractivity contribution in [2.24, 2.45) is 0 Å². The van der Waals surface area contributed by atoms with Crippen LogP contribution in [0, 0.1) is 18.8 Å². The summed E-state index contributed by atoms with van der Waals surface area (Å²) < 4.78 is 0. The second-order valence-corrected chi connectivity index (χ2v) is 6.66. The van der Waals surface area contributed by atoms with Crippen LogP contribution >= 0.6 is 0 Å². The van der Waals surface area contributed by atoms with E-state index in [-0.39, 0.29) is 0 Å². The minimum Gasteiger partial charge on any atom is -0.368 e. The molecule has 0 spiro atoms. The lowest BCUT2D eigenvalue weighted by Gasteiger charge is -2.06. The number of fused-ring (bicyclic) bond motifs is 1. The fourth-order valence-corrected chi connectivity index (χ4v) is 3.05. The summed E-state index contributed by atoms with van der Waals surface area (Å²) >= 11 is 0. The van der Waals surface area contributed by atoms with Gasteiger partial charge in [0.1, 0.15) is 12.1 Å². The van der Waals surface area contributed by atoms with E-state index < -0.39 is 0 Å². The first-order valence-electron chi connectivity index (χ1n) is 9.39. The van der Waals surface area contributed by atoms with Gasteiger partial charge >= 0.3 is 0 Å². The van der Waals surface area contributed by atoms with Crippen LogP contribution in [0.25, 0.3) is 22.0 Å². The molecule has 0 aliphatic carbocycles. The van der Waals surface area contributed by atoms with Gasteiger partial charge in [0.15, 0.2) is 0 Å². The molecule has 0 aliphatic heterocycles. The van der Waals surface area contributed by atoms with Crippen molar-refractivity contribution in [2.45, 2.75) is 13.3 Å². The first-order valence-corrected chi connectivity index (χ1v) is 9.39. The number of anilines is 1. The molecule has 3 aromatic carbocycles. The highest BCUT2D eigenvalue weighted by molar-refractivity contribution is 5.88. The van der Waals surface area contributed by atoms with Crippen LogP contribution in [0.4, 0.5) is 5.82 Å². The second-order valence-electron chi connectivity index (χ2n) is 6.66. The van der Waals surface area contributed by atoms with E-state index in [4.69, 9.17) is 0 Å². The summed E-state index contributed by atoms with van der Waals surface area (Å²) in [4.78, 5) is 8.62. The maximum atomic E-state index is 4.34. The van der Waals surface area contributed by atoms with Crippen molar-refractivity contribution < 1.29 is 0 Å². The topological polar surface area (TPSA) is 37.8 Å². The molecular formula is C25H21N3. The smallest absolute Gasteiger partial charge is 0.137 e. The highest BCUT2D eigenvalue weighted by atomic mass is 15.0. The van der Waals surface area contributed by atoms with Crippen molar-refractivity contribution in [1.29, 1.82) is 0 Å². The van der Waals surface area contributed by atoms with Gasteiger partial charge in [-0.05, 0) is 42.3 Å². The first kappa shape index (κ1) is 17.8. The molecule has 0 amide bonds. The fourth-order valence-electron chi connectivity index (χ4n) is 3.05. The normalized spacial score (nSPS) is 10.3. The summed E-state index contributed by atoms with van der Waals surface area (Å²) in [6.07, 6.45) is 2.34. The lowest BCUT2D eigenvalue weighted by molar-refractivity contribution is 1.07. The maximum Gasteiger partial charge on any atom is 0.137 e. The Morgan fingerprint density at radius 2 is 1.54 bits per heavy atom. The van der Waals surface area contributed by atoms with Gasteiger partial charge in [0.05, 0.1) is 5.52 Å². The molecule has 3 heteroatoms. The highest BCUT2D eigenvalue weighted by Crippen LogP contribution is 2.20. The molecule has 28 heavy (non-hydrogen) atoms. The number of benzene rings is 3. The van der Waals surface area contributed by atoms with Crippen molar-refractivity contribution in [3.8, 4) is 23.0 Å². The zero-order valence-electron chi connectivity index (χ0n) is 15.8. The summed E-state index contributed by atoms with van der Waals surface area (Å²) in [5, 5.41) is 4.39. The minimum atomic E-state index is 0.745. The lowest BCUT2D eigenvalue weighted by Crippen LogP contribution is -2.03. The van der Waals surface area contributed by atoms with Crippen LogP contribution < -0.4 is 5.32 Å². The molecule has 0 fully saturated rings. The molecule has 0 aliphatic rings. The number of hydrogen-bond acceptors (Lipinski definition) is 3. The molecule has 1 aromatic heterocycles. The van der Waals surface area contributed by atoms with Crippen molar-refractivity contribution in [3.05, 3.63) is 90.3 Å². The van der Waals surface area contributed by atoms with Crippen molar-refractivity contribution in [3.63, 3.8) is 0 Å². The molecule has 3 nitrogen and oxygen atoms in total. The molecule has 0 atom stereocenters. The average Bonchev–Trinajstić information content (AvgIpc) is 2.75. The number of hydrogen-bond donors (Lipinski definition) is 1. The van der Waals surface area contributed by atoms with Crippen molar-refractivity contribution in [2.75, 3.05) is 11.9 Å². The van der Waals surface area contributed by atoms with Gasteiger partial charge in [-0.15, -0.1) is 0 Å². The zero-order valence-corrected chi connectivity index (χ0v) is 15.8. The molecular weight excluding hydrogens is 342 g/mol. The van der Waals surface area contributed by atoms with Crippen molar-refractivity contribution >= 4 is 16.7 Å². The van der Waals surface area contributed by atoms with Crippen LogP contribution in [0.1, 0.15) is 17.5 Å². The third-order valence-electron chi connectivity index (χ3n) is 4.59. The molecule has 0 unspecified atom stereocenters. The van der Waals surface area contributed by atoms with Gasteiger partial charge in [-0.3, -0.25) is 0 Å². The van der Waals surface area contributed by atoms with E-state index in [0.29, 0.717) is 0 Å². The number of rotatable bonds is 4. The number of nitrogens with one attached hydrogen (secondary N) is 1. The zero-order chi connectivity index (χ0) is 19.2. The minimum absolute atomic E-state index is 0.745. The summed E-state index contributed by atoms with van der Waals surface area (Å²) in [5.41, 5.74) is 5.69. The van der Waals surface area contributed by atoms with Gasteiger partial charge in [-0.2, -0.15) is 0 Å². The van der Waals surface area contributed by atoms with E-state index in [1.807, 2.05) is 24.3 Å². The van der Waals surface area contributed by atoms with Gasteiger partial charge in [-0.25, -0.2) is 9.97 Å². The Balaban J connectivity index is 1.35. The highest BCUT2D eigenvalue weighted by Gasteiger charge is 2.01. The van der Waals surface area contributed by atoms with Gasteiger partial charge in [0.2, 0.25) is 0 Å². The van der Waals surface area contributed by atoms with Gasteiger partial charge in [0, 0.05) is 23.9 Å². The Kier molecular flexibility index (Phi) is 5.31. The van der Waals surface area contributed by atoms with Crippen LogP contribution in [-0.2, 0) is 0 Å². The average molecular weight is 363 g/mol. The third-order valence-corrected chi connectivity index (χ3v) is 4.59. The molecule has 1 N–H and O–H groups in total. The standard InChI is InChI=1S/C25H21N3/c1-19-9-13-21(14-10-19)22-15-11-20(12-16-22)6-4-5-17-26-25-23-7-2-3-8-24(23)27-18-28-25/h2-3,7-16,18H,5,17H2,1H3,(H,26,27,28). The van der Waals surface area contributed by atoms with Gasteiger partial charge in [-0.1, -0.05) is 65.9 Å². The quantitative estimate of drug-likeness (QED) is 0.386. The van der Waals surface area contributed by atoms with E-state index in [2.05, 4.69) is 82.6 Å². The van der Waals surface area contributed by atoms with Crippen LogP contribution in [0.5, 0.6) is 0 Å². The molecule has 1 heterocycles. The Morgan fingerprint density at radius 1 is 0.821 bits per heavy atom. The van der Waals surface area contributed by atoms with E-state index in [0.717, 1.165) is 35.2 Å². The Hall–Kier alpha value is -3.64. The predicted octanol–water partition coefficient (Wildman–Crippen LogP) is 5.46. The number of nitrogens with zero attached hydrogens (tertiary/aromatic N) is 2. The van der Waals surface area contributed by atoms with Crippen LogP contribution in [0.3, 0.4) is 0 Å². The summed E-state index contributed by atoms with van der Waals surface area (Å²) in [5.74, 6) is 7.32. The molecule has 4 aromatic rings. The largest absolute Gasteiger partial charge is 0.368 e. The second kappa shape index (κ2) is 8.37.